The normalized spacial score (nSPS) is 14.2. The first-order valence-electron chi connectivity index (χ1n) is 11.4. The van der Waals surface area contributed by atoms with Gasteiger partial charge in [-0.3, -0.25) is 14.9 Å². The van der Waals surface area contributed by atoms with Crippen molar-refractivity contribution in [2.75, 3.05) is 31.1 Å². The maximum Gasteiger partial charge on any atom is 0.287 e. The number of hydrogen-bond donors (Lipinski definition) is 0. The zero-order valence-electron chi connectivity index (χ0n) is 19.2. The number of nitro groups is 1. The summed E-state index contributed by atoms with van der Waals surface area (Å²) in [7, 11) is 2.00. The predicted molar refractivity (Wildman–Crippen MR) is 140 cm³/mol. The quantitative estimate of drug-likeness (QED) is 0.263. The summed E-state index contributed by atoms with van der Waals surface area (Å²) in [6.07, 6.45) is 2.06. The number of anilines is 1. The Morgan fingerprint density at radius 1 is 1.00 bits per heavy atom. The SMILES string of the molecule is Cn1c(-c2ccccc2)c(C(=O)N2CCCN(c3ccc([N+](=O)[O-])cn3)CC2)c2cccc(Br)c21. The molecule has 0 saturated carbocycles. The van der Waals surface area contributed by atoms with E-state index in [-0.39, 0.29) is 11.6 Å². The van der Waals surface area contributed by atoms with Crippen LogP contribution in [-0.2, 0) is 7.05 Å². The highest BCUT2D eigenvalue weighted by Gasteiger charge is 2.28. The smallest absolute Gasteiger partial charge is 0.287 e. The van der Waals surface area contributed by atoms with Crippen LogP contribution in [0, 0.1) is 10.1 Å². The molecular weight excluding hydrogens is 510 g/mol. The second-order valence-corrected chi connectivity index (χ2v) is 9.40. The maximum absolute atomic E-state index is 14.0. The summed E-state index contributed by atoms with van der Waals surface area (Å²) >= 11 is 3.67. The number of benzene rings is 2. The number of pyridine rings is 1. The van der Waals surface area contributed by atoms with Crippen LogP contribution in [0.5, 0.6) is 0 Å². The number of halogens is 1. The molecule has 9 heteroatoms. The Kier molecular flexibility index (Phi) is 6.25. The van der Waals surface area contributed by atoms with E-state index in [4.69, 9.17) is 0 Å². The van der Waals surface area contributed by atoms with E-state index in [1.165, 1.54) is 12.3 Å². The van der Waals surface area contributed by atoms with Crippen molar-refractivity contribution in [3.05, 3.63) is 87.0 Å². The van der Waals surface area contributed by atoms with Crippen LogP contribution in [0.4, 0.5) is 11.5 Å². The molecule has 1 aliphatic heterocycles. The highest BCUT2D eigenvalue weighted by Crippen LogP contribution is 2.37. The van der Waals surface area contributed by atoms with E-state index in [1.54, 1.807) is 6.07 Å². The van der Waals surface area contributed by atoms with Crippen molar-refractivity contribution in [3.8, 4) is 11.3 Å². The van der Waals surface area contributed by atoms with E-state index >= 15 is 0 Å². The zero-order valence-corrected chi connectivity index (χ0v) is 20.8. The van der Waals surface area contributed by atoms with Crippen LogP contribution in [0.2, 0.25) is 0 Å². The number of amides is 1. The molecule has 0 spiro atoms. The number of carbonyl (C=O) groups is 1. The fourth-order valence-electron chi connectivity index (χ4n) is 4.80. The van der Waals surface area contributed by atoms with Gasteiger partial charge >= 0.3 is 0 Å². The number of nitrogens with zero attached hydrogens (tertiary/aromatic N) is 5. The minimum Gasteiger partial charge on any atom is -0.355 e. The van der Waals surface area contributed by atoms with Gasteiger partial charge in [-0.05, 0) is 40.0 Å². The van der Waals surface area contributed by atoms with Crippen molar-refractivity contribution in [1.82, 2.24) is 14.5 Å². The van der Waals surface area contributed by atoms with Gasteiger partial charge in [0.15, 0.2) is 0 Å². The Bertz CT molecular complexity index is 1400. The lowest BCUT2D eigenvalue weighted by molar-refractivity contribution is -0.385. The second-order valence-electron chi connectivity index (χ2n) is 8.55. The molecule has 8 nitrogen and oxygen atoms in total. The van der Waals surface area contributed by atoms with Crippen LogP contribution in [0.25, 0.3) is 22.2 Å². The molecule has 0 unspecified atom stereocenters. The Hall–Kier alpha value is -3.72. The van der Waals surface area contributed by atoms with Crippen LogP contribution in [-0.4, -0.2) is 51.5 Å². The molecule has 2 aromatic heterocycles. The lowest BCUT2D eigenvalue weighted by atomic mass is 10.0. The summed E-state index contributed by atoms with van der Waals surface area (Å²) in [5.74, 6) is 0.690. The first-order valence-corrected chi connectivity index (χ1v) is 12.2. The van der Waals surface area contributed by atoms with E-state index in [2.05, 4.69) is 30.4 Å². The van der Waals surface area contributed by atoms with Crippen molar-refractivity contribution >= 4 is 44.2 Å². The summed E-state index contributed by atoms with van der Waals surface area (Å²) in [4.78, 5) is 32.8. The summed E-state index contributed by atoms with van der Waals surface area (Å²) < 4.78 is 3.03. The van der Waals surface area contributed by atoms with Gasteiger partial charge in [-0.1, -0.05) is 42.5 Å². The molecule has 0 atom stereocenters. The van der Waals surface area contributed by atoms with Crippen LogP contribution in [0.3, 0.4) is 0 Å². The van der Waals surface area contributed by atoms with Crippen molar-refractivity contribution in [2.24, 2.45) is 7.05 Å². The number of rotatable bonds is 4. The number of carbonyl (C=O) groups excluding carboxylic acids is 1. The fraction of sp³-hybridized carbons (Fsp3) is 0.231. The predicted octanol–water partition coefficient (Wildman–Crippen LogP) is 5.26. The van der Waals surface area contributed by atoms with Gasteiger partial charge in [-0.2, -0.15) is 0 Å². The van der Waals surface area contributed by atoms with E-state index < -0.39 is 4.92 Å². The van der Waals surface area contributed by atoms with Gasteiger partial charge in [0.1, 0.15) is 12.0 Å². The third kappa shape index (κ3) is 4.27. The first kappa shape index (κ1) is 23.0. The van der Waals surface area contributed by atoms with E-state index in [9.17, 15) is 14.9 Å². The highest BCUT2D eigenvalue weighted by atomic mass is 79.9. The minimum atomic E-state index is -0.452. The van der Waals surface area contributed by atoms with Crippen molar-refractivity contribution in [3.63, 3.8) is 0 Å². The average Bonchev–Trinajstić information content (AvgIpc) is 3.01. The van der Waals surface area contributed by atoms with Gasteiger partial charge in [0.25, 0.3) is 11.6 Å². The molecular formula is C26H24BrN5O3. The Labute approximate surface area is 211 Å². The topological polar surface area (TPSA) is 84.5 Å². The molecule has 1 aliphatic rings. The van der Waals surface area contributed by atoms with Crippen molar-refractivity contribution in [1.29, 1.82) is 0 Å². The van der Waals surface area contributed by atoms with Gasteiger partial charge in [0.2, 0.25) is 0 Å². The van der Waals surface area contributed by atoms with Crippen molar-refractivity contribution in [2.45, 2.75) is 6.42 Å². The van der Waals surface area contributed by atoms with Crippen LogP contribution < -0.4 is 4.90 Å². The Morgan fingerprint density at radius 3 is 2.51 bits per heavy atom. The Morgan fingerprint density at radius 2 is 1.80 bits per heavy atom. The number of hydrogen-bond acceptors (Lipinski definition) is 5. The molecule has 0 aliphatic carbocycles. The lowest BCUT2D eigenvalue weighted by Gasteiger charge is -2.23. The molecule has 0 N–H and O–H groups in total. The van der Waals surface area contributed by atoms with E-state index in [0.29, 0.717) is 31.0 Å². The first-order chi connectivity index (χ1) is 17.0. The number of fused-ring (bicyclic) bond motifs is 1. The largest absolute Gasteiger partial charge is 0.355 e. The number of aryl methyl sites for hydroxylation is 1. The van der Waals surface area contributed by atoms with Gasteiger partial charge in [0.05, 0.1) is 21.7 Å². The molecule has 4 aromatic rings. The summed E-state index contributed by atoms with van der Waals surface area (Å²) in [6, 6.07) is 19.1. The van der Waals surface area contributed by atoms with E-state index in [0.717, 1.165) is 39.6 Å². The van der Waals surface area contributed by atoms with Gasteiger partial charge in [-0.25, -0.2) is 4.98 Å². The molecule has 0 radical (unpaired) electrons. The van der Waals surface area contributed by atoms with Crippen LogP contribution >= 0.6 is 15.9 Å². The second kappa shape index (κ2) is 9.50. The standard InChI is InChI=1S/C26H24BrN5O3/c1-29-24(18-7-3-2-4-8-18)23(20-9-5-10-21(27)25(20)29)26(33)31-14-6-13-30(15-16-31)22-12-11-19(17-28-22)32(34)35/h2-5,7-12,17H,6,13-16H2,1H3. The van der Waals surface area contributed by atoms with Crippen LogP contribution in [0.1, 0.15) is 16.8 Å². The zero-order chi connectivity index (χ0) is 24.5. The summed E-state index contributed by atoms with van der Waals surface area (Å²) in [5, 5.41) is 11.9. The molecule has 1 fully saturated rings. The van der Waals surface area contributed by atoms with Gasteiger partial charge in [0, 0.05) is 49.2 Å². The fourth-order valence-corrected chi connectivity index (χ4v) is 5.43. The summed E-state index contributed by atoms with van der Waals surface area (Å²) in [5.41, 5.74) is 3.55. The van der Waals surface area contributed by atoms with E-state index in [1.807, 2.05) is 60.5 Å². The third-order valence-corrected chi connectivity index (χ3v) is 7.11. The molecule has 3 heterocycles. The Balaban J connectivity index is 1.48. The molecule has 178 valence electrons. The monoisotopic (exact) mass is 533 g/mol. The molecule has 1 amide bonds. The third-order valence-electron chi connectivity index (χ3n) is 6.48. The van der Waals surface area contributed by atoms with Gasteiger partial charge < -0.3 is 14.4 Å². The van der Waals surface area contributed by atoms with Crippen LogP contribution in [0.15, 0.2) is 71.3 Å². The number of aromatic nitrogens is 2. The summed E-state index contributed by atoms with van der Waals surface area (Å²) in [6.45, 7) is 2.49. The minimum absolute atomic E-state index is 0.00561. The molecule has 2 aromatic carbocycles. The molecule has 0 bridgehead atoms. The lowest BCUT2D eigenvalue weighted by Crippen LogP contribution is -2.35. The molecule has 5 rings (SSSR count). The van der Waals surface area contributed by atoms with Crippen molar-refractivity contribution < 1.29 is 9.72 Å². The molecule has 35 heavy (non-hydrogen) atoms. The highest BCUT2D eigenvalue weighted by molar-refractivity contribution is 9.10. The number of para-hydroxylation sites is 1. The molecule has 1 saturated heterocycles. The maximum atomic E-state index is 14.0. The van der Waals surface area contributed by atoms with Gasteiger partial charge in [-0.15, -0.1) is 0 Å². The average molecular weight is 534 g/mol.